The first-order chi connectivity index (χ1) is 11.5. The molecule has 0 unspecified atom stereocenters. The Morgan fingerprint density at radius 3 is 2.71 bits per heavy atom. The standard InChI is InChI=1S/C17H19ClN2O3S/c1-12(21)20(13-5-6-16(23-2)15(18)10-13)8-7-19-17(22)11-14-4-3-9-24-14/h3-6,9-10H,7-8,11H2,1-2H3,(H,19,22). The summed E-state index contributed by atoms with van der Waals surface area (Å²) >= 11 is 7.66. The maximum absolute atomic E-state index is 11.9. The number of anilines is 1. The molecule has 1 aromatic carbocycles. The van der Waals surface area contributed by atoms with Crippen molar-refractivity contribution < 1.29 is 14.3 Å². The van der Waals surface area contributed by atoms with Gasteiger partial charge in [0.2, 0.25) is 11.8 Å². The van der Waals surface area contributed by atoms with Gasteiger partial charge < -0.3 is 15.0 Å². The third kappa shape index (κ3) is 4.97. The minimum atomic E-state index is -0.122. The zero-order valence-corrected chi connectivity index (χ0v) is 15.1. The molecule has 5 nitrogen and oxygen atoms in total. The van der Waals surface area contributed by atoms with Crippen LogP contribution in [0.4, 0.5) is 5.69 Å². The van der Waals surface area contributed by atoms with Crippen LogP contribution >= 0.6 is 22.9 Å². The largest absolute Gasteiger partial charge is 0.495 e. The summed E-state index contributed by atoms with van der Waals surface area (Å²) < 4.78 is 5.11. The number of amides is 2. The molecule has 0 radical (unpaired) electrons. The van der Waals surface area contributed by atoms with Crippen molar-refractivity contribution in [2.24, 2.45) is 0 Å². The summed E-state index contributed by atoms with van der Waals surface area (Å²) in [6.07, 6.45) is 0.353. The van der Waals surface area contributed by atoms with E-state index in [2.05, 4.69) is 5.32 Å². The first-order valence-corrected chi connectivity index (χ1v) is 8.67. The lowest BCUT2D eigenvalue weighted by Gasteiger charge is -2.22. The number of benzene rings is 1. The van der Waals surface area contributed by atoms with Crippen molar-refractivity contribution in [3.8, 4) is 5.75 Å². The molecule has 2 amide bonds. The summed E-state index contributed by atoms with van der Waals surface area (Å²) in [6, 6.07) is 8.99. The van der Waals surface area contributed by atoms with E-state index in [9.17, 15) is 9.59 Å². The SMILES string of the molecule is COc1ccc(N(CCNC(=O)Cc2cccs2)C(C)=O)cc1Cl. The van der Waals surface area contributed by atoms with Gasteiger partial charge in [0.15, 0.2) is 0 Å². The van der Waals surface area contributed by atoms with Crippen molar-refractivity contribution >= 4 is 40.4 Å². The Hall–Kier alpha value is -2.05. The number of hydrogen-bond acceptors (Lipinski definition) is 4. The lowest BCUT2D eigenvalue weighted by atomic mass is 10.2. The van der Waals surface area contributed by atoms with E-state index in [1.54, 1.807) is 34.4 Å². The molecule has 1 N–H and O–H groups in total. The van der Waals surface area contributed by atoms with Gasteiger partial charge >= 0.3 is 0 Å². The second-order valence-corrected chi connectivity index (χ2v) is 6.54. The van der Waals surface area contributed by atoms with Crippen LogP contribution in [0.2, 0.25) is 5.02 Å². The van der Waals surface area contributed by atoms with Gasteiger partial charge in [-0.2, -0.15) is 0 Å². The van der Waals surface area contributed by atoms with Gasteiger partial charge in [-0.3, -0.25) is 9.59 Å². The smallest absolute Gasteiger partial charge is 0.225 e. The van der Waals surface area contributed by atoms with E-state index >= 15 is 0 Å². The zero-order valence-electron chi connectivity index (χ0n) is 13.5. The van der Waals surface area contributed by atoms with Crippen molar-refractivity contribution in [1.82, 2.24) is 5.32 Å². The minimum absolute atomic E-state index is 0.0614. The van der Waals surface area contributed by atoms with E-state index in [1.807, 2.05) is 17.5 Å². The van der Waals surface area contributed by atoms with E-state index in [-0.39, 0.29) is 11.8 Å². The van der Waals surface area contributed by atoms with E-state index in [4.69, 9.17) is 16.3 Å². The molecule has 7 heteroatoms. The van der Waals surface area contributed by atoms with Crippen LogP contribution in [-0.4, -0.2) is 32.0 Å². The summed E-state index contributed by atoms with van der Waals surface area (Å²) in [4.78, 5) is 26.4. The fourth-order valence-corrected chi connectivity index (χ4v) is 3.19. The minimum Gasteiger partial charge on any atom is -0.495 e. The number of halogens is 1. The van der Waals surface area contributed by atoms with Crippen LogP contribution in [0.1, 0.15) is 11.8 Å². The number of ether oxygens (including phenoxy) is 1. The molecule has 0 atom stereocenters. The zero-order chi connectivity index (χ0) is 17.5. The van der Waals surface area contributed by atoms with Crippen LogP contribution in [0.5, 0.6) is 5.75 Å². The molecule has 24 heavy (non-hydrogen) atoms. The predicted octanol–water partition coefficient (Wildman–Crippen LogP) is 3.12. The van der Waals surface area contributed by atoms with E-state index in [1.165, 1.54) is 14.0 Å². The molecule has 0 saturated heterocycles. The molecule has 2 rings (SSSR count). The lowest BCUT2D eigenvalue weighted by molar-refractivity contribution is -0.120. The molecule has 0 spiro atoms. The molecule has 1 aromatic heterocycles. The third-order valence-corrected chi connectivity index (χ3v) is 4.57. The molecule has 0 aliphatic carbocycles. The highest BCUT2D eigenvalue weighted by atomic mass is 35.5. The number of hydrogen-bond donors (Lipinski definition) is 1. The van der Waals surface area contributed by atoms with E-state index < -0.39 is 0 Å². The van der Waals surface area contributed by atoms with Gasteiger partial charge in [-0.15, -0.1) is 11.3 Å². The summed E-state index contributed by atoms with van der Waals surface area (Å²) in [5.74, 6) is 0.366. The highest BCUT2D eigenvalue weighted by Gasteiger charge is 2.14. The number of rotatable bonds is 7. The van der Waals surface area contributed by atoms with Gasteiger partial charge in [-0.05, 0) is 29.6 Å². The molecule has 0 fully saturated rings. The van der Waals surface area contributed by atoms with Crippen molar-refractivity contribution in [1.29, 1.82) is 0 Å². The summed E-state index contributed by atoms with van der Waals surface area (Å²) in [5, 5.41) is 5.20. The molecule has 0 aliphatic rings. The highest BCUT2D eigenvalue weighted by Crippen LogP contribution is 2.29. The van der Waals surface area contributed by atoms with Gasteiger partial charge in [-0.25, -0.2) is 0 Å². The lowest BCUT2D eigenvalue weighted by Crippen LogP contribution is -2.38. The van der Waals surface area contributed by atoms with Crippen LogP contribution < -0.4 is 15.0 Å². The van der Waals surface area contributed by atoms with E-state index in [0.717, 1.165) is 4.88 Å². The molecular formula is C17H19ClN2O3S. The number of methoxy groups -OCH3 is 1. The van der Waals surface area contributed by atoms with Crippen molar-refractivity contribution in [2.45, 2.75) is 13.3 Å². The number of carbonyl (C=O) groups is 2. The maximum Gasteiger partial charge on any atom is 0.225 e. The quantitative estimate of drug-likeness (QED) is 0.819. The number of carbonyl (C=O) groups excluding carboxylic acids is 2. The maximum atomic E-state index is 11.9. The molecule has 0 aliphatic heterocycles. The first kappa shape index (κ1) is 18.3. The molecule has 128 valence electrons. The Bertz CT molecular complexity index is 704. The normalized spacial score (nSPS) is 10.3. The molecule has 1 heterocycles. The van der Waals surface area contributed by atoms with Crippen molar-refractivity contribution in [3.05, 3.63) is 45.6 Å². The molecule has 2 aromatic rings. The highest BCUT2D eigenvalue weighted by molar-refractivity contribution is 7.10. The monoisotopic (exact) mass is 366 g/mol. The Kier molecular flexibility index (Phi) is 6.63. The average molecular weight is 367 g/mol. The number of nitrogens with one attached hydrogen (secondary N) is 1. The average Bonchev–Trinajstić information content (AvgIpc) is 3.04. The summed E-state index contributed by atoms with van der Waals surface area (Å²) in [5.41, 5.74) is 0.667. The van der Waals surface area contributed by atoms with Crippen molar-refractivity contribution in [3.63, 3.8) is 0 Å². The van der Waals surface area contributed by atoms with Crippen LogP contribution in [0.15, 0.2) is 35.7 Å². The topological polar surface area (TPSA) is 58.6 Å². The van der Waals surface area contributed by atoms with Crippen LogP contribution in [-0.2, 0) is 16.0 Å². The Balaban J connectivity index is 1.93. The fourth-order valence-electron chi connectivity index (χ4n) is 2.23. The summed E-state index contributed by atoms with van der Waals surface area (Å²) in [7, 11) is 1.53. The second-order valence-electron chi connectivity index (χ2n) is 5.10. The summed E-state index contributed by atoms with van der Waals surface area (Å²) in [6.45, 7) is 2.22. The van der Waals surface area contributed by atoms with Crippen LogP contribution in [0.3, 0.4) is 0 Å². The Labute approximate surface area is 150 Å². The molecular weight excluding hydrogens is 348 g/mol. The van der Waals surface area contributed by atoms with Gasteiger partial charge in [0.1, 0.15) is 5.75 Å². The third-order valence-electron chi connectivity index (χ3n) is 3.40. The van der Waals surface area contributed by atoms with Gasteiger partial charge in [0.05, 0.1) is 18.6 Å². The van der Waals surface area contributed by atoms with Gasteiger partial charge in [0, 0.05) is 30.6 Å². The first-order valence-electron chi connectivity index (χ1n) is 7.42. The van der Waals surface area contributed by atoms with Crippen molar-refractivity contribution in [2.75, 3.05) is 25.1 Å². The fraction of sp³-hybridized carbons (Fsp3) is 0.294. The molecule has 0 bridgehead atoms. The number of thiophene rings is 1. The van der Waals surface area contributed by atoms with Gasteiger partial charge in [0.25, 0.3) is 0 Å². The van der Waals surface area contributed by atoms with Gasteiger partial charge in [-0.1, -0.05) is 17.7 Å². The molecule has 0 saturated carbocycles. The predicted molar refractivity (Wildman–Crippen MR) is 97.1 cm³/mol. The Morgan fingerprint density at radius 2 is 2.12 bits per heavy atom. The van der Waals surface area contributed by atoms with Crippen LogP contribution in [0, 0.1) is 0 Å². The number of nitrogens with zero attached hydrogens (tertiary/aromatic N) is 1. The second kappa shape index (κ2) is 8.70. The Morgan fingerprint density at radius 1 is 1.33 bits per heavy atom. The van der Waals surface area contributed by atoms with Crippen LogP contribution in [0.25, 0.3) is 0 Å². The van der Waals surface area contributed by atoms with E-state index in [0.29, 0.717) is 36.0 Å².